The predicted molar refractivity (Wildman–Crippen MR) is 78.7 cm³/mol. The minimum atomic E-state index is 0.0876. The van der Waals surface area contributed by atoms with Gasteiger partial charge >= 0.3 is 0 Å². The average Bonchev–Trinajstić information content (AvgIpc) is 3.32. The van der Waals surface area contributed by atoms with E-state index in [9.17, 15) is 0 Å². The fraction of sp³-hybridized carbons (Fsp3) is 0.562. The van der Waals surface area contributed by atoms with Crippen LogP contribution in [-0.4, -0.2) is 12.6 Å². The summed E-state index contributed by atoms with van der Waals surface area (Å²) in [7, 11) is 0. The molecule has 0 unspecified atom stereocenters. The Balaban J connectivity index is 1.55. The van der Waals surface area contributed by atoms with Gasteiger partial charge in [-0.15, -0.1) is 0 Å². The lowest BCUT2D eigenvalue weighted by molar-refractivity contribution is 0.237. The maximum atomic E-state index is 8.80. The van der Waals surface area contributed by atoms with Crippen molar-refractivity contribution in [1.29, 1.82) is 5.26 Å². The summed E-state index contributed by atoms with van der Waals surface area (Å²) in [4.78, 5) is 0. The van der Waals surface area contributed by atoms with E-state index < -0.39 is 0 Å². The first-order valence-corrected chi connectivity index (χ1v) is 7.60. The van der Waals surface area contributed by atoms with Crippen molar-refractivity contribution in [1.82, 2.24) is 5.32 Å². The van der Waals surface area contributed by atoms with Gasteiger partial charge < -0.3 is 10.1 Å². The number of ether oxygens (including phenoxy) is 1. The van der Waals surface area contributed by atoms with Crippen LogP contribution in [0.15, 0.2) is 18.2 Å². The van der Waals surface area contributed by atoms with Gasteiger partial charge in [-0.2, -0.15) is 5.26 Å². The normalized spacial score (nSPS) is 19.4. The lowest BCUT2D eigenvalue weighted by atomic mass is 10.1. The standard InChI is InChI=1S/C16H19ClN2O/c17-14-9-12(10-19-13-2-3-13)1-4-15(14)20-11-16(5-6-16)7-8-18/h1,4,9,13,19H,2-3,5-7,10-11H2. The summed E-state index contributed by atoms with van der Waals surface area (Å²) >= 11 is 6.27. The topological polar surface area (TPSA) is 45.0 Å². The van der Waals surface area contributed by atoms with Gasteiger partial charge in [-0.1, -0.05) is 17.7 Å². The average molecular weight is 291 g/mol. The quantitative estimate of drug-likeness (QED) is 0.833. The Morgan fingerprint density at radius 2 is 2.20 bits per heavy atom. The summed E-state index contributed by atoms with van der Waals surface area (Å²) in [6, 6.07) is 8.91. The molecule has 0 atom stereocenters. The van der Waals surface area contributed by atoms with Gasteiger partial charge in [0, 0.05) is 24.4 Å². The van der Waals surface area contributed by atoms with Crippen LogP contribution in [0.4, 0.5) is 0 Å². The highest BCUT2D eigenvalue weighted by molar-refractivity contribution is 6.32. The fourth-order valence-corrected chi connectivity index (χ4v) is 2.53. The van der Waals surface area contributed by atoms with E-state index >= 15 is 0 Å². The van der Waals surface area contributed by atoms with E-state index in [2.05, 4.69) is 17.5 Å². The molecule has 2 fully saturated rings. The summed E-state index contributed by atoms with van der Waals surface area (Å²) in [5.41, 5.74) is 1.27. The Morgan fingerprint density at radius 1 is 1.40 bits per heavy atom. The molecule has 20 heavy (non-hydrogen) atoms. The molecule has 2 aliphatic rings. The highest BCUT2D eigenvalue weighted by Gasteiger charge is 2.43. The van der Waals surface area contributed by atoms with E-state index in [0.29, 0.717) is 24.1 Å². The molecule has 1 N–H and O–H groups in total. The molecular weight excluding hydrogens is 272 g/mol. The van der Waals surface area contributed by atoms with E-state index in [1.165, 1.54) is 18.4 Å². The lowest BCUT2D eigenvalue weighted by Crippen LogP contribution is -2.15. The first-order valence-electron chi connectivity index (χ1n) is 7.22. The van der Waals surface area contributed by atoms with E-state index in [1.54, 1.807) is 0 Å². The maximum Gasteiger partial charge on any atom is 0.137 e. The largest absolute Gasteiger partial charge is 0.491 e. The van der Waals surface area contributed by atoms with Crippen molar-refractivity contribution in [3.8, 4) is 11.8 Å². The first-order chi connectivity index (χ1) is 9.71. The van der Waals surface area contributed by atoms with Crippen molar-refractivity contribution >= 4 is 11.6 Å². The third-order valence-corrected chi connectivity index (χ3v) is 4.41. The van der Waals surface area contributed by atoms with E-state index in [0.717, 1.165) is 25.1 Å². The smallest absolute Gasteiger partial charge is 0.137 e. The number of halogens is 1. The van der Waals surface area contributed by atoms with Crippen molar-refractivity contribution in [3.05, 3.63) is 28.8 Å². The minimum Gasteiger partial charge on any atom is -0.491 e. The number of hydrogen-bond donors (Lipinski definition) is 1. The van der Waals surface area contributed by atoms with E-state index in [-0.39, 0.29) is 5.41 Å². The molecular formula is C16H19ClN2O. The fourth-order valence-electron chi connectivity index (χ4n) is 2.27. The van der Waals surface area contributed by atoms with Gasteiger partial charge in [-0.25, -0.2) is 0 Å². The molecule has 0 amide bonds. The number of nitriles is 1. The highest BCUT2D eigenvalue weighted by Crippen LogP contribution is 2.49. The molecule has 3 nitrogen and oxygen atoms in total. The molecule has 1 aromatic rings. The number of nitrogens with one attached hydrogen (secondary N) is 1. The molecule has 0 aromatic heterocycles. The maximum absolute atomic E-state index is 8.80. The van der Waals surface area contributed by atoms with E-state index in [1.807, 2.05) is 12.1 Å². The van der Waals surface area contributed by atoms with Crippen LogP contribution in [0.3, 0.4) is 0 Å². The van der Waals surface area contributed by atoms with Gasteiger partial charge in [0.2, 0.25) is 0 Å². The van der Waals surface area contributed by atoms with Crippen molar-refractivity contribution in [2.45, 2.75) is 44.7 Å². The molecule has 4 heteroatoms. The minimum absolute atomic E-state index is 0.0876. The Bertz CT molecular complexity index is 530. The van der Waals surface area contributed by atoms with Gasteiger partial charge in [-0.3, -0.25) is 0 Å². The van der Waals surface area contributed by atoms with Crippen LogP contribution >= 0.6 is 11.6 Å². The Morgan fingerprint density at radius 3 is 2.80 bits per heavy atom. The molecule has 0 bridgehead atoms. The number of hydrogen-bond acceptors (Lipinski definition) is 3. The first kappa shape index (κ1) is 13.7. The van der Waals surface area contributed by atoms with Crippen LogP contribution in [0.1, 0.15) is 37.7 Å². The SMILES string of the molecule is N#CCC1(COc2ccc(CNC3CC3)cc2Cl)CC1. The molecule has 0 radical (unpaired) electrons. The molecule has 2 aliphatic carbocycles. The summed E-state index contributed by atoms with van der Waals surface area (Å²) < 4.78 is 5.81. The van der Waals surface area contributed by atoms with Crippen LogP contribution in [-0.2, 0) is 6.54 Å². The number of benzene rings is 1. The molecule has 106 valence electrons. The number of nitrogens with zero attached hydrogens (tertiary/aromatic N) is 1. The zero-order valence-corrected chi connectivity index (χ0v) is 12.2. The molecule has 0 aliphatic heterocycles. The van der Waals surface area contributed by atoms with Crippen molar-refractivity contribution in [3.63, 3.8) is 0 Å². The van der Waals surface area contributed by atoms with Crippen molar-refractivity contribution in [2.24, 2.45) is 5.41 Å². The number of rotatable bonds is 7. The van der Waals surface area contributed by atoms with Crippen LogP contribution < -0.4 is 10.1 Å². The molecule has 0 saturated heterocycles. The van der Waals surface area contributed by atoms with Crippen LogP contribution in [0.5, 0.6) is 5.75 Å². The van der Waals surface area contributed by atoms with Gasteiger partial charge in [0.1, 0.15) is 5.75 Å². The third kappa shape index (κ3) is 3.45. The second kappa shape index (κ2) is 5.63. The second-order valence-electron chi connectivity index (χ2n) is 6.04. The second-order valence-corrected chi connectivity index (χ2v) is 6.45. The summed E-state index contributed by atoms with van der Waals surface area (Å²) in [6.45, 7) is 1.46. The predicted octanol–water partition coefficient (Wildman–Crippen LogP) is 3.66. The lowest BCUT2D eigenvalue weighted by Gasteiger charge is -2.14. The zero-order chi connectivity index (χ0) is 14.0. The van der Waals surface area contributed by atoms with Gasteiger partial charge in [0.25, 0.3) is 0 Å². The van der Waals surface area contributed by atoms with E-state index in [4.69, 9.17) is 21.6 Å². The van der Waals surface area contributed by atoms with Crippen LogP contribution in [0.2, 0.25) is 5.02 Å². The van der Waals surface area contributed by atoms with Crippen LogP contribution in [0.25, 0.3) is 0 Å². The summed E-state index contributed by atoms with van der Waals surface area (Å²) in [5.74, 6) is 0.728. The Hall–Kier alpha value is -1.24. The summed E-state index contributed by atoms with van der Waals surface area (Å²) in [6.07, 6.45) is 5.32. The van der Waals surface area contributed by atoms with Gasteiger partial charge in [0.15, 0.2) is 0 Å². The monoisotopic (exact) mass is 290 g/mol. The molecule has 3 rings (SSSR count). The van der Waals surface area contributed by atoms with Gasteiger partial charge in [0.05, 0.1) is 17.7 Å². The van der Waals surface area contributed by atoms with Crippen molar-refractivity contribution in [2.75, 3.05) is 6.61 Å². The Labute approximate surface area is 124 Å². The molecule has 0 spiro atoms. The Kier molecular flexibility index (Phi) is 3.87. The highest BCUT2D eigenvalue weighted by atomic mass is 35.5. The molecule has 2 saturated carbocycles. The van der Waals surface area contributed by atoms with Gasteiger partial charge in [-0.05, 0) is 43.4 Å². The third-order valence-electron chi connectivity index (χ3n) is 4.11. The summed E-state index contributed by atoms with van der Waals surface area (Å²) in [5, 5.41) is 12.9. The van der Waals surface area contributed by atoms with Crippen molar-refractivity contribution < 1.29 is 4.74 Å². The zero-order valence-electron chi connectivity index (χ0n) is 11.5. The van der Waals surface area contributed by atoms with Crippen LogP contribution in [0, 0.1) is 16.7 Å². The molecule has 1 aromatic carbocycles. The molecule has 0 heterocycles.